The van der Waals surface area contributed by atoms with Gasteiger partial charge in [0.15, 0.2) is 0 Å². The van der Waals surface area contributed by atoms with Gasteiger partial charge in [-0.15, -0.1) is 0 Å². The summed E-state index contributed by atoms with van der Waals surface area (Å²) < 4.78 is 2.28. The number of unbranched alkanes of at least 4 members (excludes halogenated alkanes) is 1. The van der Waals surface area contributed by atoms with Crippen LogP contribution >= 0.6 is 0 Å². The largest absolute Gasteiger partial charge is 0.250 e. The van der Waals surface area contributed by atoms with Crippen LogP contribution in [0.2, 0.25) is 0 Å². The first kappa shape index (κ1) is 11.3. The van der Waals surface area contributed by atoms with Crippen molar-refractivity contribution in [3.05, 3.63) is 18.7 Å². The maximum Gasteiger partial charge on any atom is 0.241 e. The first-order valence-corrected chi connectivity index (χ1v) is 5.83. The third-order valence-corrected chi connectivity index (χ3v) is 3.17. The summed E-state index contributed by atoms with van der Waals surface area (Å²) in [5.74, 6) is 0.816. The van der Waals surface area contributed by atoms with Crippen molar-refractivity contribution in [3.63, 3.8) is 0 Å². The van der Waals surface area contributed by atoms with Gasteiger partial charge in [0.1, 0.15) is 18.4 Å². The van der Waals surface area contributed by atoms with Gasteiger partial charge in [-0.1, -0.05) is 26.7 Å². The van der Waals surface area contributed by atoms with Crippen LogP contribution < -0.4 is 4.57 Å². The number of H-pyrrole nitrogens is 1. The average Bonchev–Trinajstić information content (AvgIpc) is 2.71. The van der Waals surface area contributed by atoms with Crippen molar-refractivity contribution in [1.29, 1.82) is 0 Å². The third kappa shape index (κ3) is 2.86. The van der Waals surface area contributed by atoms with E-state index in [2.05, 4.69) is 42.8 Å². The topological polar surface area (TPSA) is 19.7 Å². The predicted molar refractivity (Wildman–Crippen MR) is 59.0 cm³/mol. The summed E-state index contributed by atoms with van der Waals surface area (Å²) in [7, 11) is 0. The van der Waals surface area contributed by atoms with E-state index in [0.717, 1.165) is 5.92 Å². The summed E-state index contributed by atoms with van der Waals surface area (Å²) in [5, 5.41) is 0. The molecule has 2 unspecified atom stereocenters. The molecule has 14 heavy (non-hydrogen) atoms. The molecule has 0 aliphatic rings. The van der Waals surface area contributed by atoms with Crippen molar-refractivity contribution in [2.24, 2.45) is 5.92 Å². The first-order chi connectivity index (χ1) is 6.79. The van der Waals surface area contributed by atoms with Gasteiger partial charge in [0.25, 0.3) is 0 Å². The Hall–Kier alpha value is -0.790. The monoisotopic (exact) mass is 195 g/mol. The lowest BCUT2D eigenvalue weighted by atomic mass is 9.92. The molecule has 0 fully saturated rings. The van der Waals surface area contributed by atoms with E-state index in [0.29, 0.717) is 6.04 Å². The minimum absolute atomic E-state index is 0.623. The molecule has 0 aromatic carbocycles. The van der Waals surface area contributed by atoms with Crippen LogP contribution in [0.1, 0.15) is 52.5 Å². The Balaban J connectivity index is 2.51. The molecule has 1 aromatic heterocycles. The van der Waals surface area contributed by atoms with Gasteiger partial charge in [-0.2, -0.15) is 0 Å². The third-order valence-electron chi connectivity index (χ3n) is 3.17. The molecule has 2 heteroatoms. The minimum Gasteiger partial charge on any atom is -0.250 e. The normalized spacial score (nSPS) is 15.4. The minimum atomic E-state index is 0.623. The van der Waals surface area contributed by atoms with Gasteiger partial charge in [-0.3, -0.25) is 4.98 Å². The van der Waals surface area contributed by atoms with Crippen LogP contribution in [0.15, 0.2) is 18.7 Å². The van der Waals surface area contributed by atoms with Gasteiger partial charge in [0.2, 0.25) is 6.33 Å². The van der Waals surface area contributed by atoms with E-state index in [1.54, 1.807) is 0 Å². The van der Waals surface area contributed by atoms with Gasteiger partial charge in [0.05, 0.1) is 0 Å². The molecule has 1 aromatic rings. The van der Waals surface area contributed by atoms with E-state index in [9.17, 15) is 0 Å². The van der Waals surface area contributed by atoms with Crippen molar-refractivity contribution in [2.75, 3.05) is 0 Å². The number of aromatic nitrogens is 2. The van der Waals surface area contributed by atoms with E-state index in [4.69, 9.17) is 0 Å². The van der Waals surface area contributed by atoms with Crippen LogP contribution in [-0.4, -0.2) is 4.98 Å². The summed E-state index contributed by atoms with van der Waals surface area (Å²) in [6, 6.07) is 0.623. The molecule has 0 amide bonds. The zero-order chi connectivity index (χ0) is 10.4. The number of rotatable bonds is 6. The molecule has 1 heterocycles. The molecular weight excluding hydrogens is 172 g/mol. The molecule has 0 aliphatic heterocycles. The Morgan fingerprint density at radius 1 is 1.36 bits per heavy atom. The lowest BCUT2D eigenvalue weighted by Crippen LogP contribution is -2.39. The number of aromatic amines is 1. The maximum absolute atomic E-state index is 3.11. The lowest BCUT2D eigenvalue weighted by molar-refractivity contribution is -0.725. The molecule has 1 rings (SSSR count). The molecule has 0 bridgehead atoms. The van der Waals surface area contributed by atoms with Crippen molar-refractivity contribution in [1.82, 2.24) is 4.98 Å². The summed E-state index contributed by atoms with van der Waals surface area (Å²) in [6.45, 7) is 6.88. The van der Waals surface area contributed by atoms with Crippen LogP contribution in [0, 0.1) is 5.92 Å². The second kappa shape index (κ2) is 5.84. The van der Waals surface area contributed by atoms with E-state index in [1.807, 2.05) is 6.20 Å². The Labute approximate surface area is 87.4 Å². The van der Waals surface area contributed by atoms with E-state index in [-0.39, 0.29) is 0 Å². The molecule has 80 valence electrons. The Kier molecular flexibility index (Phi) is 4.71. The number of hydrogen-bond donors (Lipinski definition) is 1. The fourth-order valence-electron chi connectivity index (χ4n) is 2.05. The van der Waals surface area contributed by atoms with E-state index in [1.165, 1.54) is 25.7 Å². The summed E-state index contributed by atoms with van der Waals surface area (Å²) in [4.78, 5) is 3.11. The first-order valence-electron chi connectivity index (χ1n) is 5.83. The summed E-state index contributed by atoms with van der Waals surface area (Å²) in [5.41, 5.74) is 0. The molecule has 0 saturated carbocycles. The predicted octanol–water partition coefficient (Wildman–Crippen LogP) is 3.08. The van der Waals surface area contributed by atoms with E-state index >= 15 is 0 Å². The summed E-state index contributed by atoms with van der Waals surface area (Å²) >= 11 is 0. The van der Waals surface area contributed by atoms with Gasteiger partial charge >= 0.3 is 0 Å². The molecule has 0 radical (unpaired) electrons. The van der Waals surface area contributed by atoms with Crippen molar-refractivity contribution < 1.29 is 4.57 Å². The zero-order valence-corrected chi connectivity index (χ0v) is 9.66. The molecule has 0 saturated heterocycles. The lowest BCUT2D eigenvalue weighted by Gasteiger charge is -2.19. The number of nitrogens with one attached hydrogen (secondary N) is 1. The van der Waals surface area contributed by atoms with Crippen LogP contribution in [0.3, 0.4) is 0 Å². The fourth-order valence-corrected chi connectivity index (χ4v) is 2.05. The van der Waals surface area contributed by atoms with Crippen molar-refractivity contribution in [3.8, 4) is 0 Å². The Bertz CT molecular complexity index is 228. The van der Waals surface area contributed by atoms with Gasteiger partial charge in [0, 0.05) is 0 Å². The van der Waals surface area contributed by atoms with Crippen molar-refractivity contribution in [2.45, 2.75) is 52.5 Å². The summed E-state index contributed by atoms with van der Waals surface area (Å²) in [6.07, 6.45) is 11.5. The van der Waals surface area contributed by atoms with Crippen LogP contribution in [0.5, 0.6) is 0 Å². The quantitative estimate of drug-likeness (QED) is 0.673. The average molecular weight is 195 g/mol. The molecule has 0 spiro atoms. The Morgan fingerprint density at radius 2 is 2.14 bits per heavy atom. The van der Waals surface area contributed by atoms with Gasteiger partial charge in [-0.05, 0) is 25.7 Å². The zero-order valence-electron chi connectivity index (χ0n) is 9.66. The highest BCUT2D eigenvalue weighted by atomic mass is 15.0. The fraction of sp³-hybridized carbons (Fsp3) is 0.750. The Morgan fingerprint density at radius 3 is 2.64 bits per heavy atom. The van der Waals surface area contributed by atoms with Gasteiger partial charge in [-0.25, -0.2) is 4.57 Å². The highest BCUT2D eigenvalue weighted by molar-refractivity contribution is 4.64. The highest BCUT2D eigenvalue weighted by Gasteiger charge is 2.19. The van der Waals surface area contributed by atoms with Crippen LogP contribution in [0.4, 0.5) is 0 Å². The highest BCUT2D eigenvalue weighted by Crippen LogP contribution is 2.21. The second-order valence-corrected chi connectivity index (χ2v) is 4.11. The number of nitrogens with zero attached hydrogens (tertiary/aromatic N) is 1. The smallest absolute Gasteiger partial charge is 0.241 e. The molecular formula is C12H23N2+. The maximum atomic E-state index is 3.11. The van der Waals surface area contributed by atoms with Crippen LogP contribution in [0.25, 0.3) is 0 Å². The molecule has 2 nitrogen and oxygen atoms in total. The van der Waals surface area contributed by atoms with Crippen molar-refractivity contribution >= 4 is 0 Å². The van der Waals surface area contributed by atoms with Gasteiger partial charge < -0.3 is 0 Å². The molecule has 2 atom stereocenters. The molecule has 0 aliphatic carbocycles. The standard InChI is InChI=1S/C12H22N2/c1-4-6-7-12(5-2)11(3)14-9-8-13-10-14/h8-12H,4-7H2,1-3H3/p+1. The second-order valence-electron chi connectivity index (χ2n) is 4.11. The number of imidazole rings is 1. The SMILES string of the molecule is CCCCC(CC)C(C)[n+]1cc[nH]c1. The van der Waals surface area contributed by atoms with Crippen LogP contribution in [-0.2, 0) is 0 Å². The number of hydrogen-bond acceptors (Lipinski definition) is 0. The van der Waals surface area contributed by atoms with E-state index < -0.39 is 0 Å². The molecule has 1 N–H and O–H groups in total.